The van der Waals surface area contributed by atoms with Gasteiger partial charge in [-0.3, -0.25) is 0 Å². The maximum Gasteiger partial charge on any atom is 0.180 e. The van der Waals surface area contributed by atoms with Crippen molar-refractivity contribution in [2.45, 2.75) is 3.67 Å². The highest BCUT2D eigenvalue weighted by molar-refractivity contribution is 8.03. The number of nitrogens with zero attached hydrogens (tertiary/aromatic N) is 1. The van der Waals surface area contributed by atoms with Gasteiger partial charge in [0.05, 0.1) is 6.54 Å². The fourth-order valence-corrected chi connectivity index (χ4v) is 3.12. The number of para-hydroxylation sites is 1. The van der Waals surface area contributed by atoms with E-state index in [0.29, 0.717) is 6.54 Å². The van der Waals surface area contributed by atoms with E-state index >= 15 is 0 Å². The molecule has 1 aliphatic heterocycles. The van der Waals surface area contributed by atoms with Crippen LogP contribution in [0.1, 0.15) is 0 Å². The van der Waals surface area contributed by atoms with E-state index in [1.165, 1.54) is 5.69 Å². The Morgan fingerprint density at radius 2 is 1.93 bits per heavy atom. The van der Waals surface area contributed by atoms with Gasteiger partial charge in [0.25, 0.3) is 0 Å². The van der Waals surface area contributed by atoms with Gasteiger partial charge in [-0.1, -0.05) is 41.4 Å². The molecule has 0 atom stereocenters. The van der Waals surface area contributed by atoms with Crippen molar-refractivity contribution in [2.75, 3.05) is 23.7 Å². The summed E-state index contributed by atoms with van der Waals surface area (Å²) >= 11 is 13.8. The number of alkyl halides is 2. The zero-order valence-electron chi connectivity index (χ0n) is 7.62. The van der Waals surface area contributed by atoms with Crippen molar-refractivity contribution in [3.05, 3.63) is 30.3 Å². The Bertz CT molecular complexity index is 302. The monoisotopic (exact) mass is 247 g/mol. The van der Waals surface area contributed by atoms with Gasteiger partial charge in [-0.25, -0.2) is 0 Å². The van der Waals surface area contributed by atoms with Crippen LogP contribution in [-0.2, 0) is 0 Å². The van der Waals surface area contributed by atoms with Gasteiger partial charge in [-0.15, -0.1) is 11.8 Å². The molecule has 2 rings (SSSR count). The summed E-state index contributed by atoms with van der Waals surface area (Å²) in [6, 6.07) is 10.2. The lowest BCUT2D eigenvalue weighted by Crippen LogP contribution is -2.40. The molecule has 0 spiro atoms. The van der Waals surface area contributed by atoms with E-state index in [1.807, 2.05) is 18.2 Å². The maximum atomic E-state index is 6.10. The van der Waals surface area contributed by atoms with Crippen molar-refractivity contribution in [1.82, 2.24) is 0 Å². The number of hydrogen-bond acceptors (Lipinski definition) is 2. The highest BCUT2D eigenvalue weighted by atomic mass is 35.5. The molecule has 0 unspecified atom stereocenters. The first-order chi connectivity index (χ1) is 6.67. The van der Waals surface area contributed by atoms with Crippen LogP contribution in [0, 0.1) is 0 Å². The van der Waals surface area contributed by atoms with E-state index in [-0.39, 0.29) is 0 Å². The van der Waals surface area contributed by atoms with Gasteiger partial charge in [-0.2, -0.15) is 0 Å². The summed E-state index contributed by atoms with van der Waals surface area (Å²) in [5.41, 5.74) is 1.19. The highest BCUT2D eigenvalue weighted by Gasteiger charge is 2.31. The van der Waals surface area contributed by atoms with Gasteiger partial charge in [0, 0.05) is 18.0 Å². The summed E-state index contributed by atoms with van der Waals surface area (Å²) in [5.74, 6) is 0.974. The average Bonchev–Trinajstić information content (AvgIpc) is 2.18. The predicted octanol–water partition coefficient (Wildman–Crippen LogP) is 3.37. The molecule has 76 valence electrons. The molecule has 0 aliphatic carbocycles. The first-order valence-electron chi connectivity index (χ1n) is 4.49. The molecular weight excluding hydrogens is 237 g/mol. The van der Waals surface area contributed by atoms with Crippen LogP contribution in [0.3, 0.4) is 0 Å². The Hall–Kier alpha value is -0.0500. The van der Waals surface area contributed by atoms with Gasteiger partial charge in [0.15, 0.2) is 3.67 Å². The molecule has 1 heterocycles. The largest absolute Gasteiger partial charge is 0.367 e. The highest BCUT2D eigenvalue weighted by Crippen LogP contribution is 2.39. The van der Waals surface area contributed by atoms with Gasteiger partial charge < -0.3 is 4.90 Å². The van der Waals surface area contributed by atoms with E-state index in [2.05, 4.69) is 17.0 Å². The second-order valence-corrected chi connectivity index (χ2v) is 6.57. The molecule has 1 aliphatic rings. The Morgan fingerprint density at radius 3 is 2.57 bits per heavy atom. The number of benzene rings is 1. The zero-order chi connectivity index (χ0) is 10.0. The molecule has 4 heteroatoms. The van der Waals surface area contributed by atoms with Crippen LogP contribution in [-0.4, -0.2) is 22.5 Å². The SMILES string of the molecule is ClC1(Cl)CN(c2ccccc2)CCS1. The Labute approximate surface area is 98.4 Å². The fourth-order valence-electron chi connectivity index (χ4n) is 1.51. The molecule has 0 radical (unpaired) electrons. The Morgan fingerprint density at radius 1 is 1.21 bits per heavy atom. The van der Waals surface area contributed by atoms with Crippen LogP contribution in [0.4, 0.5) is 5.69 Å². The topological polar surface area (TPSA) is 3.24 Å². The Kier molecular flexibility index (Phi) is 3.15. The van der Waals surface area contributed by atoms with Crippen molar-refractivity contribution in [3.8, 4) is 0 Å². The van der Waals surface area contributed by atoms with Crippen LogP contribution >= 0.6 is 35.0 Å². The van der Waals surface area contributed by atoms with Crippen molar-refractivity contribution in [2.24, 2.45) is 0 Å². The summed E-state index contributed by atoms with van der Waals surface area (Å²) in [6.07, 6.45) is 0. The summed E-state index contributed by atoms with van der Waals surface area (Å²) < 4.78 is -0.659. The van der Waals surface area contributed by atoms with Crippen LogP contribution in [0.2, 0.25) is 0 Å². The molecule has 0 saturated carbocycles. The minimum absolute atomic E-state index is 0.659. The van der Waals surface area contributed by atoms with Gasteiger partial charge in [-0.05, 0) is 12.1 Å². The van der Waals surface area contributed by atoms with Crippen LogP contribution in [0.25, 0.3) is 0 Å². The molecule has 1 nitrogen and oxygen atoms in total. The molecule has 1 aromatic carbocycles. The normalized spacial score (nSPS) is 20.9. The molecule has 0 bridgehead atoms. The van der Waals surface area contributed by atoms with Crippen molar-refractivity contribution in [3.63, 3.8) is 0 Å². The Balaban J connectivity index is 2.12. The molecule has 0 aromatic heterocycles. The molecule has 0 N–H and O–H groups in total. The smallest absolute Gasteiger partial charge is 0.180 e. The fraction of sp³-hybridized carbons (Fsp3) is 0.400. The van der Waals surface area contributed by atoms with E-state index in [1.54, 1.807) is 11.8 Å². The first-order valence-corrected chi connectivity index (χ1v) is 6.23. The first kappa shape index (κ1) is 10.5. The van der Waals surface area contributed by atoms with E-state index in [4.69, 9.17) is 23.2 Å². The average molecular weight is 248 g/mol. The lowest BCUT2D eigenvalue weighted by atomic mass is 10.3. The van der Waals surface area contributed by atoms with Crippen LogP contribution in [0.5, 0.6) is 0 Å². The second-order valence-electron chi connectivity index (χ2n) is 3.24. The third kappa shape index (κ3) is 2.50. The molecule has 0 amide bonds. The molecule has 14 heavy (non-hydrogen) atoms. The summed E-state index contributed by atoms with van der Waals surface area (Å²) in [6.45, 7) is 1.70. The summed E-state index contributed by atoms with van der Waals surface area (Å²) in [5, 5.41) is 0. The van der Waals surface area contributed by atoms with Gasteiger partial charge >= 0.3 is 0 Å². The third-order valence-electron chi connectivity index (χ3n) is 2.17. The minimum atomic E-state index is -0.659. The van der Waals surface area contributed by atoms with Crippen molar-refractivity contribution < 1.29 is 0 Å². The van der Waals surface area contributed by atoms with E-state index in [0.717, 1.165) is 12.3 Å². The number of halogens is 2. The summed E-state index contributed by atoms with van der Waals surface area (Å²) in [7, 11) is 0. The lowest BCUT2D eigenvalue weighted by molar-refractivity contribution is 0.813. The maximum absolute atomic E-state index is 6.10. The quantitative estimate of drug-likeness (QED) is 0.701. The minimum Gasteiger partial charge on any atom is -0.367 e. The third-order valence-corrected chi connectivity index (χ3v) is 4.00. The molecule has 1 fully saturated rings. The number of thioether (sulfide) groups is 1. The predicted molar refractivity (Wildman–Crippen MR) is 65.6 cm³/mol. The van der Waals surface area contributed by atoms with Crippen molar-refractivity contribution >= 4 is 40.7 Å². The molecule has 1 aromatic rings. The number of anilines is 1. The molecule has 1 saturated heterocycles. The molecular formula is C10H11Cl2NS. The lowest BCUT2D eigenvalue weighted by Gasteiger charge is -2.35. The van der Waals surface area contributed by atoms with Crippen molar-refractivity contribution in [1.29, 1.82) is 0 Å². The van der Waals surface area contributed by atoms with Crippen LogP contribution < -0.4 is 4.90 Å². The number of rotatable bonds is 1. The van der Waals surface area contributed by atoms with Gasteiger partial charge in [0.2, 0.25) is 0 Å². The number of hydrogen-bond donors (Lipinski definition) is 0. The summed E-state index contributed by atoms with van der Waals surface area (Å²) in [4.78, 5) is 2.22. The van der Waals surface area contributed by atoms with E-state index in [9.17, 15) is 0 Å². The zero-order valence-corrected chi connectivity index (χ0v) is 9.95. The van der Waals surface area contributed by atoms with Crippen LogP contribution in [0.15, 0.2) is 30.3 Å². The van der Waals surface area contributed by atoms with Gasteiger partial charge in [0.1, 0.15) is 0 Å². The standard InChI is InChI=1S/C10H11Cl2NS/c11-10(12)8-13(6-7-14-10)9-4-2-1-3-5-9/h1-5H,6-8H2. The van der Waals surface area contributed by atoms with E-state index < -0.39 is 3.67 Å². The second kappa shape index (κ2) is 4.21.